The Kier molecular flexibility index (Phi) is 4.68. The summed E-state index contributed by atoms with van der Waals surface area (Å²) in [6.45, 7) is -0.187. The third kappa shape index (κ3) is 4.43. The quantitative estimate of drug-likeness (QED) is 0.732. The van der Waals surface area contributed by atoms with Gasteiger partial charge >= 0.3 is 0 Å². The highest BCUT2D eigenvalue weighted by Crippen LogP contribution is 2.06. The second-order valence-electron chi connectivity index (χ2n) is 4.09. The molecule has 1 heterocycles. The number of nitrogens with one attached hydrogen (secondary N) is 2. The van der Waals surface area contributed by atoms with Gasteiger partial charge in [-0.25, -0.2) is 0 Å². The zero-order chi connectivity index (χ0) is 15.2. The van der Waals surface area contributed by atoms with Crippen LogP contribution < -0.4 is 16.4 Å². The van der Waals surface area contributed by atoms with E-state index >= 15 is 0 Å². The number of nitrogens with zero attached hydrogens (tertiary/aromatic N) is 2. The molecule has 0 aliphatic carbocycles. The molecular weight excluding hydrogens is 294 g/mol. The monoisotopic (exact) mass is 305 g/mol. The number of carbonyl (C=O) groups is 2. The fourth-order valence-corrected chi connectivity index (χ4v) is 1.57. The molecule has 0 spiro atoms. The lowest BCUT2D eigenvalue weighted by Gasteiger charge is -2.06. The second kappa shape index (κ2) is 6.67. The molecule has 0 aliphatic rings. The van der Waals surface area contributed by atoms with E-state index in [0.717, 1.165) is 0 Å². The van der Waals surface area contributed by atoms with Crippen molar-refractivity contribution in [1.29, 1.82) is 0 Å². The highest BCUT2D eigenvalue weighted by molar-refractivity contribution is 6.29. The number of anilines is 2. The number of nitrogen functional groups attached to an aromatic ring is 1. The van der Waals surface area contributed by atoms with E-state index in [9.17, 15) is 9.59 Å². The molecule has 0 unspecified atom stereocenters. The van der Waals surface area contributed by atoms with E-state index in [-0.39, 0.29) is 23.4 Å². The number of nitrogens with two attached hydrogens (primary N) is 1. The van der Waals surface area contributed by atoms with Crippen LogP contribution in [0.4, 0.5) is 11.5 Å². The Balaban J connectivity index is 1.84. The van der Waals surface area contributed by atoms with E-state index in [1.54, 1.807) is 24.3 Å². The van der Waals surface area contributed by atoms with E-state index in [4.69, 9.17) is 17.3 Å². The third-order valence-corrected chi connectivity index (χ3v) is 2.68. The van der Waals surface area contributed by atoms with Crippen LogP contribution >= 0.6 is 11.6 Å². The van der Waals surface area contributed by atoms with Crippen molar-refractivity contribution >= 4 is 34.9 Å². The first-order valence-electron chi connectivity index (χ1n) is 5.97. The lowest BCUT2D eigenvalue weighted by atomic mass is 10.2. The van der Waals surface area contributed by atoms with Crippen LogP contribution in [0.3, 0.4) is 0 Å². The zero-order valence-corrected chi connectivity index (χ0v) is 11.6. The van der Waals surface area contributed by atoms with Crippen molar-refractivity contribution in [2.45, 2.75) is 0 Å². The number of hydrogen-bond acceptors (Lipinski definition) is 5. The minimum atomic E-state index is -0.421. The van der Waals surface area contributed by atoms with Crippen LogP contribution in [-0.2, 0) is 4.79 Å². The van der Waals surface area contributed by atoms with Crippen molar-refractivity contribution in [3.63, 3.8) is 0 Å². The largest absolute Gasteiger partial charge is 0.399 e. The molecule has 8 heteroatoms. The van der Waals surface area contributed by atoms with Crippen LogP contribution in [0.5, 0.6) is 0 Å². The summed E-state index contributed by atoms with van der Waals surface area (Å²) in [5, 5.41) is 12.4. The minimum Gasteiger partial charge on any atom is -0.399 e. The molecular formula is C13H12ClN5O2. The van der Waals surface area contributed by atoms with Gasteiger partial charge in [-0.1, -0.05) is 11.6 Å². The molecule has 0 atom stereocenters. The fourth-order valence-electron chi connectivity index (χ4n) is 1.47. The molecule has 0 bridgehead atoms. The minimum absolute atomic E-state index is 0.187. The summed E-state index contributed by atoms with van der Waals surface area (Å²) in [6, 6.07) is 9.38. The Morgan fingerprint density at radius 3 is 2.43 bits per heavy atom. The SMILES string of the molecule is Nc1ccc(C(=O)NCC(=O)Nc2ccc(Cl)nn2)cc1. The molecule has 2 amide bonds. The van der Waals surface area contributed by atoms with Gasteiger partial charge in [0.1, 0.15) is 0 Å². The van der Waals surface area contributed by atoms with Gasteiger partial charge in [0.2, 0.25) is 5.91 Å². The van der Waals surface area contributed by atoms with Gasteiger partial charge in [-0.3, -0.25) is 9.59 Å². The average Bonchev–Trinajstić information content (AvgIpc) is 2.48. The number of carbonyl (C=O) groups excluding carboxylic acids is 2. The molecule has 0 radical (unpaired) electrons. The van der Waals surface area contributed by atoms with Crippen molar-refractivity contribution in [1.82, 2.24) is 15.5 Å². The van der Waals surface area contributed by atoms with Crippen molar-refractivity contribution in [3.8, 4) is 0 Å². The lowest BCUT2D eigenvalue weighted by molar-refractivity contribution is -0.115. The third-order valence-electron chi connectivity index (χ3n) is 2.48. The van der Waals surface area contributed by atoms with Gasteiger partial charge in [0.25, 0.3) is 5.91 Å². The normalized spacial score (nSPS) is 9.95. The number of aromatic nitrogens is 2. The van der Waals surface area contributed by atoms with Gasteiger partial charge in [0, 0.05) is 11.3 Å². The molecule has 2 rings (SSSR count). The molecule has 1 aromatic heterocycles. The van der Waals surface area contributed by atoms with E-state index in [1.807, 2.05) is 0 Å². The van der Waals surface area contributed by atoms with Crippen LogP contribution in [0, 0.1) is 0 Å². The highest BCUT2D eigenvalue weighted by atomic mass is 35.5. The average molecular weight is 306 g/mol. The predicted molar refractivity (Wildman–Crippen MR) is 78.9 cm³/mol. The van der Waals surface area contributed by atoms with Crippen LogP contribution in [0.25, 0.3) is 0 Å². The summed E-state index contributed by atoms with van der Waals surface area (Å²) in [6.07, 6.45) is 0. The fraction of sp³-hybridized carbons (Fsp3) is 0.0769. The molecule has 7 nitrogen and oxygen atoms in total. The summed E-state index contributed by atoms with van der Waals surface area (Å²) in [7, 11) is 0. The van der Waals surface area contributed by atoms with E-state index in [1.165, 1.54) is 12.1 Å². The van der Waals surface area contributed by atoms with Crippen LogP contribution in [0.2, 0.25) is 5.15 Å². The number of rotatable bonds is 4. The molecule has 1 aromatic carbocycles. The van der Waals surface area contributed by atoms with Gasteiger partial charge in [0.15, 0.2) is 11.0 Å². The topological polar surface area (TPSA) is 110 Å². The maximum atomic E-state index is 11.8. The van der Waals surface area contributed by atoms with Crippen LogP contribution in [-0.4, -0.2) is 28.6 Å². The zero-order valence-electron chi connectivity index (χ0n) is 10.8. The Hall–Kier alpha value is -2.67. The summed E-state index contributed by atoms with van der Waals surface area (Å²) in [5.41, 5.74) is 6.51. The maximum absolute atomic E-state index is 11.8. The Labute approximate surface area is 125 Å². The summed E-state index contributed by atoms with van der Waals surface area (Å²) < 4.78 is 0. The molecule has 0 saturated heterocycles. The Bertz CT molecular complexity index is 643. The first-order chi connectivity index (χ1) is 10.0. The molecule has 2 aromatic rings. The maximum Gasteiger partial charge on any atom is 0.251 e. The van der Waals surface area contributed by atoms with E-state index in [2.05, 4.69) is 20.8 Å². The number of hydrogen-bond donors (Lipinski definition) is 3. The van der Waals surface area contributed by atoms with Crippen molar-refractivity contribution in [2.24, 2.45) is 0 Å². The highest BCUT2D eigenvalue weighted by Gasteiger charge is 2.08. The summed E-state index contributed by atoms with van der Waals surface area (Å²) >= 11 is 5.58. The molecule has 0 fully saturated rings. The number of amides is 2. The van der Waals surface area contributed by atoms with Gasteiger partial charge in [-0.15, -0.1) is 10.2 Å². The van der Waals surface area contributed by atoms with Gasteiger partial charge < -0.3 is 16.4 Å². The van der Waals surface area contributed by atoms with E-state index in [0.29, 0.717) is 11.3 Å². The standard InChI is InChI=1S/C13H12ClN5O2/c14-10-5-6-11(19-18-10)17-12(20)7-16-13(21)8-1-3-9(15)4-2-8/h1-6H,7,15H2,(H,16,21)(H,17,19,20). The van der Waals surface area contributed by atoms with E-state index < -0.39 is 5.91 Å². The van der Waals surface area contributed by atoms with Crippen molar-refractivity contribution in [3.05, 3.63) is 47.1 Å². The smallest absolute Gasteiger partial charge is 0.251 e. The predicted octanol–water partition coefficient (Wildman–Crippen LogP) is 1.08. The number of benzene rings is 1. The van der Waals surface area contributed by atoms with Gasteiger partial charge in [-0.05, 0) is 36.4 Å². The summed E-state index contributed by atoms with van der Waals surface area (Å²) in [4.78, 5) is 23.4. The lowest BCUT2D eigenvalue weighted by Crippen LogP contribution is -2.33. The van der Waals surface area contributed by atoms with Crippen LogP contribution in [0.1, 0.15) is 10.4 Å². The van der Waals surface area contributed by atoms with Gasteiger partial charge in [0.05, 0.1) is 6.54 Å². The second-order valence-corrected chi connectivity index (χ2v) is 4.48. The van der Waals surface area contributed by atoms with Gasteiger partial charge in [-0.2, -0.15) is 0 Å². The Morgan fingerprint density at radius 2 is 1.81 bits per heavy atom. The first kappa shape index (κ1) is 14.7. The van der Waals surface area contributed by atoms with Crippen LogP contribution in [0.15, 0.2) is 36.4 Å². The molecule has 4 N–H and O–H groups in total. The molecule has 0 aliphatic heterocycles. The molecule has 108 valence electrons. The van der Waals surface area contributed by atoms with Crippen molar-refractivity contribution in [2.75, 3.05) is 17.6 Å². The molecule has 21 heavy (non-hydrogen) atoms. The Morgan fingerprint density at radius 1 is 1.10 bits per heavy atom. The number of halogens is 1. The summed E-state index contributed by atoms with van der Waals surface area (Å²) in [5.74, 6) is -0.533. The first-order valence-corrected chi connectivity index (χ1v) is 6.35. The molecule has 0 saturated carbocycles. The van der Waals surface area contributed by atoms with Crippen molar-refractivity contribution < 1.29 is 9.59 Å².